The van der Waals surface area contributed by atoms with Gasteiger partial charge in [-0.2, -0.15) is 21.6 Å². The number of carbonyl (C=O) groups excluding carboxylic acids is 1. The minimum absolute atomic E-state index is 0.129. The van der Waals surface area contributed by atoms with Gasteiger partial charge in [0.15, 0.2) is 8.32 Å². The van der Waals surface area contributed by atoms with Crippen LogP contribution in [0.4, 0.5) is 13.2 Å². The molecule has 190 valence electrons. The van der Waals surface area contributed by atoms with Crippen LogP contribution in [0, 0.1) is 0 Å². The number of carbonyl (C=O) groups is 1. The van der Waals surface area contributed by atoms with Crippen LogP contribution in [0.5, 0.6) is 0 Å². The Morgan fingerprint density at radius 1 is 1.00 bits per heavy atom. The van der Waals surface area contributed by atoms with Crippen LogP contribution in [0.15, 0.2) is 24.3 Å². The Morgan fingerprint density at radius 3 is 1.85 bits per heavy atom. The summed E-state index contributed by atoms with van der Waals surface area (Å²) in [6.07, 6.45) is -5.06. The van der Waals surface area contributed by atoms with Gasteiger partial charge in [-0.1, -0.05) is 32.9 Å². The molecule has 1 rings (SSSR count). The second kappa shape index (κ2) is 10.0. The van der Waals surface area contributed by atoms with E-state index in [0.717, 1.165) is 30.5 Å². The number of benzene rings is 1. The molecule has 0 saturated heterocycles. The van der Waals surface area contributed by atoms with Crippen LogP contribution in [0.1, 0.15) is 58.6 Å². The van der Waals surface area contributed by atoms with Crippen molar-refractivity contribution in [2.75, 3.05) is 12.9 Å². The van der Waals surface area contributed by atoms with Gasteiger partial charge in [0.1, 0.15) is 17.6 Å². The molecule has 1 aromatic rings. The van der Waals surface area contributed by atoms with Crippen molar-refractivity contribution in [3.8, 4) is 0 Å². The molecule has 33 heavy (non-hydrogen) atoms. The second-order valence-corrected chi connectivity index (χ2v) is 17.0. The third-order valence-corrected chi connectivity index (χ3v) is 10.4. The molecule has 2 atom stereocenters. The van der Waals surface area contributed by atoms with Crippen LogP contribution in [-0.2, 0) is 34.4 Å². The molecule has 0 heterocycles. The summed E-state index contributed by atoms with van der Waals surface area (Å²) in [5.74, 6) is -2.15. The van der Waals surface area contributed by atoms with Gasteiger partial charge >= 0.3 is 12.1 Å². The molecular formula is C22H35F3O6SSi. The molecule has 0 aliphatic heterocycles. The number of alkyl halides is 3. The molecule has 0 bridgehead atoms. The van der Waals surface area contributed by atoms with E-state index < -0.39 is 53.8 Å². The van der Waals surface area contributed by atoms with E-state index in [4.69, 9.17) is 13.3 Å². The minimum atomic E-state index is -4.56. The molecule has 0 radical (unpaired) electrons. The highest BCUT2D eigenvalue weighted by atomic mass is 32.2. The van der Waals surface area contributed by atoms with Crippen molar-refractivity contribution in [3.05, 3.63) is 35.4 Å². The number of halogens is 3. The first kappa shape index (κ1) is 29.6. The summed E-state index contributed by atoms with van der Waals surface area (Å²) in [5, 5.41) is -0.210. The van der Waals surface area contributed by atoms with Crippen molar-refractivity contribution in [2.24, 2.45) is 0 Å². The zero-order chi connectivity index (χ0) is 26.0. The second-order valence-electron chi connectivity index (χ2n) is 10.5. The summed E-state index contributed by atoms with van der Waals surface area (Å²) in [4.78, 5) is 13.1. The first-order chi connectivity index (χ1) is 14.5. The Bertz CT molecular complexity index is 913. The van der Waals surface area contributed by atoms with Crippen molar-refractivity contribution < 1.29 is 39.7 Å². The van der Waals surface area contributed by atoms with Crippen molar-refractivity contribution in [1.29, 1.82) is 0 Å². The summed E-state index contributed by atoms with van der Waals surface area (Å²) in [7, 11) is -6.42. The van der Waals surface area contributed by atoms with Crippen LogP contribution in [-0.4, -0.2) is 47.3 Å². The largest absolute Gasteiger partial charge is 0.459 e. The summed E-state index contributed by atoms with van der Waals surface area (Å²) in [5.41, 5.74) is -1.69. The maximum Gasteiger partial charge on any atom is 0.416 e. The molecule has 6 nitrogen and oxygen atoms in total. The maximum atomic E-state index is 13.1. The van der Waals surface area contributed by atoms with Gasteiger partial charge in [0.05, 0.1) is 18.4 Å². The SMILES string of the molecule is CC(C)(C)OC(=O)C(c1ccc(C(F)(F)F)cc1)C(CO[Si](C)(C)C(C)(C)C)OS(C)(=O)=O. The van der Waals surface area contributed by atoms with Gasteiger partial charge in [0, 0.05) is 0 Å². The molecule has 0 amide bonds. The Kier molecular flexibility index (Phi) is 9.01. The van der Waals surface area contributed by atoms with Gasteiger partial charge in [0.25, 0.3) is 10.1 Å². The fourth-order valence-electron chi connectivity index (χ4n) is 2.66. The summed E-state index contributed by atoms with van der Waals surface area (Å²) >= 11 is 0. The molecular weight excluding hydrogens is 477 g/mol. The molecule has 0 N–H and O–H groups in total. The smallest absolute Gasteiger partial charge is 0.416 e. The summed E-state index contributed by atoms with van der Waals surface area (Å²) in [6.45, 7) is 14.5. The molecule has 0 spiro atoms. The molecule has 0 aliphatic carbocycles. The van der Waals surface area contributed by atoms with Crippen LogP contribution < -0.4 is 0 Å². The summed E-state index contributed by atoms with van der Waals surface area (Å²) in [6, 6.07) is 3.92. The predicted octanol–water partition coefficient (Wildman–Crippen LogP) is 5.50. The fraction of sp³-hybridized carbons (Fsp3) is 0.682. The van der Waals surface area contributed by atoms with E-state index in [-0.39, 0.29) is 17.2 Å². The van der Waals surface area contributed by atoms with Crippen molar-refractivity contribution in [2.45, 2.75) is 83.5 Å². The predicted molar refractivity (Wildman–Crippen MR) is 123 cm³/mol. The Hall–Kier alpha value is -1.43. The highest BCUT2D eigenvalue weighted by molar-refractivity contribution is 7.86. The molecule has 0 aromatic heterocycles. The van der Waals surface area contributed by atoms with Gasteiger partial charge in [-0.15, -0.1) is 0 Å². The molecule has 0 fully saturated rings. The average Bonchev–Trinajstić information content (AvgIpc) is 2.55. The number of hydrogen-bond acceptors (Lipinski definition) is 6. The minimum Gasteiger partial charge on any atom is -0.459 e. The lowest BCUT2D eigenvalue weighted by Gasteiger charge is -2.38. The van der Waals surface area contributed by atoms with Crippen molar-refractivity contribution in [3.63, 3.8) is 0 Å². The van der Waals surface area contributed by atoms with Gasteiger partial charge in [0.2, 0.25) is 0 Å². The van der Waals surface area contributed by atoms with E-state index >= 15 is 0 Å². The van der Waals surface area contributed by atoms with E-state index in [1.165, 1.54) is 0 Å². The van der Waals surface area contributed by atoms with E-state index in [1.54, 1.807) is 20.8 Å². The Labute approximate surface area is 196 Å². The van der Waals surface area contributed by atoms with Gasteiger partial charge in [-0.3, -0.25) is 8.98 Å². The number of ether oxygens (including phenoxy) is 1. The molecule has 11 heteroatoms. The van der Waals surface area contributed by atoms with Crippen LogP contribution in [0.2, 0.25) is 18.1 Å². The highest BCUT2D eigenvalue weighted by Gasteiger charge is 2.42. The van der Waals surface area contributed by atoms with Gasteiger partial charge in [-0.05, 0) is 56.6 Å². The van der Waals surface area contributed by atoms with Crippen LogP contribution in [0.25, 0.3) is 0 Å². The lowest BCUT2D eigenvalue weighted by Crippen LogP contribution is -2.45. The standard InChI is InChI=1S/C22H35F3O6SSi/c1-20(2,3)30-19(26)18(15-10-12-16(13-11-15)22(23,24)25)17(31-32(7,27)28)14-29-33(8,9)21(4,5)6/h10-13,17-18H,14H2,1-9H3. The first-order valence-corrected chi connectivity index (χ1v) is 15.2. The number of rotatable bonds is 8. The Balaban J connectivity index is 3.50. The fourth-order valence-corrected chi connectivity index (χ4v) is 4.29. The number of esters is 1. The normalized spacial score (nSPS) is 15.8. The van der Waals surface area contributed by atoms with Gasteiger partial charge in [-0.25, -0.2) is 0 Å². The molecule has 1 aromatic carbocycles. The summed E-state index contributed by atoms with van der Waals surface area (Å²) < 4.78 is 80.0. The maximum absolute atomic E-state index is 13.1. The van der Waals surface area contributed by atoms with Crippen molar-refractivity contribution in [1.82, 2.24) is 0 Å². The monoisotopic (exact) mass is 512 g/mol. The average molecular weight is 513 g/mol. The molecule has 0 saturated carbocycles. The van der Waals surface area contributed by atoms with Crippen LogP contribution >= 0.6 is 0 Å². The molecule has 0 aliphatic rings. The first-order valence-electron chi connectivity index (χ1n) is 10.5. The highest BCUT2D eigenvalue weighted by Crippen LogP contribution is 2.38. The third kappa shape index (κ3) is 9.38. The van der Waals surface area contributed by atoms with E-state index in [0.29, 0.717) is 0 Å². The molecule has 2 unspecified atom stereocenters. The lowest BCUT2D eigenvalue weighted by molar-refractivity contribution is -0.159. The Morgan fingerprint density at radius 2 is 1.48 bits per heavy atom. The van der Waals surface area contributed by atoms with Gasteiger partial charge < -0.3 is 9.16 Å². The number of hydrogen-bond donors (Lipinski definition) is 0. The van der Waals surface area contributed by atoms with Crippen molar-refractivity contribution >= 4 is 24.4 Å². The third-order valence-electron chi connectivity index (χ3n) is 5.34. The topological polar surface area (TPSA) is 78.9 Å². The zero-order valence-corrected chi connectivity index (χ0v) is 22.5. The van der Waals surface area contributed by atoms with E-state index in [2.05, 4.69) is 0 Å². The quantitative estimate of drug-likeness (QED) is 0.260. The zero-order valence-electron chi connectivity index (χ0n) is 20.7. The lowest BCUT2D eigenvalue weighted by atomic mass is 9.92. The van der Waals surface area contributed by atoms with Crippen LogP contribution in [0.3, 0.4) is 0 Å². The van der Waals surface area contributed by atoms with E-state index in [1.807, 2.05) is 33.9 Å². The van der Waals surface area contributed by atoms with E-state index in [9.17, 15) is 26.4 Å².